The zero-order valence-electron chi connectivity index (χ0n) is 24.6. The first-order valence-electron chi connectivity index (χ1n) is 15.8. The summed E-state index contributed by atoms with van der Waals surface area (Å²) in [5, 5.41) is 5.69. The van der Waals surface area contributed by atoms with Gasteiger partial charge in [-0.15, -0.1) is 0 Å². The summed E-state index contributed by atoms with van der Waals surface area (Å²) in [6, 6.07) is 28.6. The van der Waals surface area contributed by atoms with Gasteiger partial charge in [0.1, 0.15) is 0 Å². The summed E-state index contributed by atoms with van der Waals surface area (Å²) < 4.78 is 0. The highest BCUT2D eigenvalue weighted by atomic mass is 15.2. The van der Waals surface area contributed by atoms with Crippen LogP contribution in [0.2, 0.25) is 0 Å². The van der Waals surface area contributed by atoms with E-state index in [9.17, 15) is 0 Å². The third kappa shape index (κ3) is 3.27. The SMILES string of the molecule is CC(C)(C)c1cc2c3c(c1)N1CCCCc4c1c(cc1ccccc41)B3c1cc3ccccc3c3c1N2CCCC3. The minimum atomic E-state index is 0.0811. The summed E-state index contributed by atoms with van der Waals surface area (Å²) >= 11 is 0. The average molecular weight is 533 g/mol. The van der Waals surface area contributed by atoms with Crippen LogP contribution in [0.4, 0.5) is 22.7 Å². The highest BCUT2D eigenvalue weighted by Crippen LogP contribution is 2.46. The Bertz CT molecular complexity index is 1780. The van der Waals surface area contributed by atoms with Gasteiger partial charge in [-0.1, -0.05) is 81.4 Å². The molecule has 3 heteroatoms. The van der Waals surface area contributed by atoms with Gasteiger partial charge in [0.2, 0.25) is 0 Å². The maximum absolute atomic E-state index is 2.75. The number of rotatable bonds is 0. The zero-order valence-corrected chi connectivity index (χ0v) is 24.6. The predicted molar refractivity (Wildman–Crippen MR) is 178 cm³/mol. The molecule has 0 amide bonds. The van der Waals surface area contributed by atoms with Gasteiger partial charge in [0.25, 0.3) is 6.71 Å². The van der Waals surface area contributed by atoms with E-state index in [-0.39, 0.29) is 12.1 Å². The number of fused-ring (bicyclic) bond motifs is 8. The lowest BCUT2D eigenvalue weighted by Crippen LogP contribution is -2.62. The molecular formula is C38H37BN2. The van der Waals surface area contributed by atoms with Gasteiger partial charge < -0.3 is 9.80 Å². The van der Waals surface area contributed by atoms with E-state index in [0.717, 1.165) is 25.9 Å². The summed E-state index contributed by atoms with van der Waals surface area (Å²) in [5.41, 5.74) is 15.2. The van der Waals surface area contributed by atoms with Gasteiger partial charge in [-0.05, 0) is 111 Å². The monoisotopic (exact) mass is 532 g/mol. The molecule has 5 aromatic rings. The Hall–Kier alpha value is -3.72. The number of hydrogen-bond donors (Lipinski definition) is 0. The van der Waals surface area contributed by atoms with Gasteiger partial charge in [-0.3, -0.25) is 0 Å². The molecule has 9 rings (SSSR count). The molecule has 0 fully saturated rings. The molecule has 0 unspecified atom stereocenters. The molecule has 2 nitrogen and oxygen atoms in total. The molecule has 5 aromatic carbocycles. The minimum absolute atomic E-state index is 0.0811. The van der Waals surface area contributed by atoms with Gasteiger partial charge in [-0.2, -0.15) is 0 Å². The van der Waals surface area contributed by atoms with Gasteiger partial charge in [0.05, 0.1) is 0 Å². The quantitative estimate of drug-likeness (QED) is 0.192. The lowest BCUT2D eigenvalue weighted by molar-refractivity contribution is 0.590. The van der Waals surface area contributed by atoms with Crippen molar-refractivity contribution in [1.29, 1.82) is 0 Å². The van der Waals surface area contributed by atoms with Crippen molar-refractivity contribution < 1.29 is 0 Å². The van der Waals surface area contributed by atoms with E-state index in [2.05, 4.69) is 103 Å². The molecule has 4 heterocycles. The fourth-order valence-corrected chi connectivity index (χ4v) is 8.58. The lowest BCUT2D eigenvalue weighted by Gasteiger charge is -2.46. The van der Waals surface area contributed by atoms with Crippen LogP contribution in [-0.2, 0) is 18.3 Å². The van der Waals surface area contributed by atoms with Crippen LogP contribution in [0.15, 0.2) is 72.8 Å². The fourth-order valence-electron chi connectivity index (χ4n) is 8.58. The van der Waals surface area contributed by atoms with Crippen LogP contribution in [-0.4, -0.2) is 19.8 Å². The Balaban J connectivity index is 1.47. The molecule has 202 valence electrons. The second-order valence-electron chi connectivity index (χ2n) is 13.9. The fraction of sp³-hybridized carbons (Fsp3) is 0.316. The van der Waals surface area contributed by atoms with Crippen molar-refractivity contribution in [3.05, 3.63) is 89.5 Å². The first-order valence-corrected chi connectivity index (χ1v) is 15.8. The molecule has 0 spiro atoms. The molecule has 0 radical (unpaired) electrons. The molecule has 0 saturated carbocycles. The number of anilines is 4. The standard InChI is InChI=1S/C38H37BN2/c1-38(2,3)26-22-33-35-34(23-26)41-19-11-9-17-30-28-15-7-5-13-25(28)21-32(37(30)41)39(35)31-20-24-12-4-6-14-27(24)29-16-8-10-18-40(33)36(29)31/h4-7,12-15,20-23H,8-11,16-19H2,1-3H3. The largest absolute Gasteiger partial charge is 0.342 e. The first kappa shape index (κ1) is 23.9. The Morgan fingerprint density at radius 3 is 1.59 bits per heavy atom. The summed E-state index contributed by atoms with van der Waals surface area (Å²) in [6.45, 7) is 9.61. The van der Waals surface area contributed by atoms with Crippen molar-refractivity contribution in [3.63, 3.8) is 0 Å². The van der Waals surface area contributed by atoms with E-state index in [4.69, 9.17) is 0 Å². The van der Waals surface area contributed by atoms with Crippen LogP contribution >= 0.6 is 0 Å². The number of aryl methyl sites for hydroxylation is 2. The van der Waals surface area contributed by atoms with E-state index in [1.165, 1.54) is 86.5 Å². The Labute approximate surface area is 244 Å². The van der Waals surface area contributed by atoms with Crippen LogP contribution in [0.25, 0.3) is 21.5 Å². The highest BCUT2D eigenvalue weighted by molar-refractivity contribution is 7.00. The topological polar surface area (TPSA) is 6.48 Å². The normalized spacial score (nSPS) is 17.2. The zero-order chi connectivity index (χ0) is 27.5. The number of nitrogens with zero attached hydrogens (tertiary/aromatic N) is 2. The average Bonchev–Trinajstić information content (AvgIpc) is 3.34. The van der Waals surface area contributed by atoms with Crippen LogP contribution in [0.1, 0.15) is 63.1 Å². The van der Waals surface area contributed by atoms with Crippen molar-refractivity contribution in [2.24, 2.45) is 0 Å². The maximum atomic E-state index is 2.75. The van der Waals surface area contributed by atoms with Gasteiger partial charge in [-0.25, -0.2) is 0 Å². The Kier molecular flexibility index (Phi) is 4.91. The number of hydrogen-bond acceptors (Lipinski definition) is 2. The van der Waals surface area contributed by atoms with E-state index in [1.54, 1.807) is 16.6 Å². The van der Waals surface area contributed by atoms with Crippen LogP contribution < -0.4 is 26.2 Å². The van der Waals surface area contributed by atoms with Gasteiger partial charge in [0.15, 0.2) is 0 Å². The predicted octanol–water partition coefficient (Wildman–Crippen LogP) is 7.38. The molecule has 0 bridgehead atoms. The summed E-state index contributed by atoms with van der Waals surface area (Å²) in [4.78, 5) is 5.50. The van der Waals surface area contributed by atoms with Crippen molar-refractivity contribution in [2.75, 3.05) is 22.9 Å². The first-order chi connectivity index (χ1) is 20.0. The van der Waals surface area contributed by atoms with Crippen LogP contribution in [0.5, 0.6) is 0 Å². The third-order valence-electron chi connectivity index (χ3n) is 10.5. The van der Waals surface area contributed by atoms with Crippen molar-refractivity contribution >= 4 is 67.4 Å². The van der Waals surface area contributed by atoms with Crippen molar-refractivity contribution in [1.82, 2.24) is 0 Å². The highest BCUT2D eigenvalue weighted by Gasteiger charge is 2.45. The molecule has 0 aliphatic carbocycles. The molecular weight excluding hydrogens is 495 g/mol. The van der Waals surface area contributed by atoms with E-state index in [0.29, 0.717) is 0 Å². The molecule has 0 atom stereocenters. The summed E-state index contributed by atoms with van der Waals surface area (Å²) in [6.07, 6.45) is 7.29. The van der Waals surface area contributed by atoms with Crippen molar-refractivity contribution in [2.45, 2.75) is 64.7 Å². The van der Waals surface area contributed by atoms with E-state index < -0.39 is 0 Å². The second-order valence-corrected chi connectivity index (χ2v) is 13.9. The second kappa shape index (κ2) is 8.41. The number of benzene rings is 5. The van der Waals surface area contributed by atoms with Crippen molar-refractivity contribution in [3.8, 4) is 0 Å². The maximum Gasteiger partial charge on any atom is 0.252 e. The smallest absolute Gasteiger partial charge is 0.252 e. The molecule has 0 N–H and O–H groups in total. The minimum Gasteiger partial charge on any atom is -0.342 e. The summed E-state index contributed by atoms with van der Waals surface area (Å²) in [5.74, 6) is 0. The van der Waals surface area contributed by atoms with Gasteiger partial charge in [0, 0.05) is 35.8 Å². The third-order valence-corrected chi connectivity index (χ3v) is 10.5. The van der Waals surface area contributed by atoms with Gasteiger partial charge >= 0.3 is 0 Å². The molecule has 41 heavy (non-hydrogen) atoms. The van der Waals surface area contributed by atoms with Crippen LogP contribution in [0, 0.1) is 0 Å². The summed E-state index contributed by atoms with van der Waals surface area (Å²) in [7, 11) is 0. The Morgan fingerprint density at radius 2 is 1.10 bits per heavy atom. The Morgan fingerprint density at radius 1 is 0.610 bits per heavy atom. The molecule has 4 aliphatic rings. The molecule has 0 saturated heterocycles. The van der Waals surface area contributed by atoms with Crippen LogP contribution in [0.3, 0.4) is 0 Å². The molecule has 0 aromatic heterocycles. The van der Waals surface area contributed by atoms with E-state index in [1.807, 2.05) is 0 Å². The lowest BCUT2D eigenvalue weighted by atomic mass is 9.33. The van der Waals surface area contributed by atoms with E-state index >= 15 is 0 Å². The molecule has 4 aliphatic heterocycles.